The van der Waals surface area contributed by atoms with Gasteiger partial charge >= 0.3 is 5.97 Å². The van der Waals surface area contributed by atoms with E-state index in [9.17, 15) is 9.59 Å². The fourth-order valence-electron chi connectivity index (χ4n) is 7.40. The maximum atomic E-state index is 12.7. The molecule has 3 nitrogen and oxygen atoms in total. The van der Waals surface area contributed by atoms with Crippen molar-refractivity contribution in [3.05, 3.63) is 11.6 Å². The van der Waals surface area contributed by atoms with Crippen LogP contribution in [0, 0.1) is 46.3 Å². The molecular weight excluding hydrogens is 324 g/mol. The summed E-state index contributed by atoms with van der Waals surface area (Å²) in [5.74, 6) is 4.68. The highest BCUT2D eigenvalue weighted by molar-refractivity contribution is 5.91. The van der Waals surface area contributed by atoms with Gasteiger partial charge in [0.05, 0.1) is 7.11 Å². The number of esters is 1. The van der Waals surface area contributed by atoms with Crippen LogP contribution in [0.3, 0.4) is 0 Å². The Morgan fingerprint density at radius 3 is 2.58 bits per heavy atom. The number of hydrogen-bond donors (Lipinski definition) is 0. The maximum Gasteiger partial charge on any atom is 0.324 e. The average Bonchev–Trinajstić information content (AvgIpc) is 2.95. The molecule has 3 saturated carbocycles. The number of carbonyl (C=O) groups excluding carboxylic acids is 2. The van der Waals surface area contributed by atoms with Gasteiger partial charge in [0, 0.05) is 6.42 Å². The molecule has 0 aromatic heterocycles. The third-order valence-electron chi connectivity index (χ3n) is 8.94. The summed E-state index contributed by atoms with van der Waals surface area (Å²) in [7, 11) is 1.46. The molecular formula is C23H30O3. The van der Waals surface area contributed by atoms with Crippen LogP contribution >= 0.6 is 0 Å². The summed E-state index contributed by atoms with van der Waals surface area (Å²) < 4.78 is 5.17. The Hall–Kier alpha value is -1.56. The van der Waals surface area contributed by atoms with Crippen molar-refractivity contribution in [1.29, 1.82) is 0 Å². The summed E-state index contributed by atoms with van der Waals surface area (Å²) in [6, 6.07) is 0. The third kappa shape index (κ3) is 2.02. The molecule has 0 spiro atoms. The van der Waals surface area contributed by atoms with E-state index in [0.29, 0.717) is 30.0 Å². The van der Waals surface area contributed by atoms with Crippen molar-refractivity contribution < 1.29 is 14.3 Å². The lowest BCUT2D eigenvalue weighted by Crippen LogP contribution is -2.54. The van der Waals surface area contributed by atoms with Crippen molar-refractivity contribution in [3.8, 4) is 12.3 Å². The van der Waals surface area contributed by atoms with E-state index in [4.69, 9.17) is 11.2 Å². The predicted molar refractivity (Wildman–Crippen MR) is 100.0 cm³/mol. The predicted octanol–water partition coefficient (Wildman–Crippen LogP) is 4.31. The minimum Gasteiger partial charge on any atom is -0.468 e. The summed E-state index contributed by atoms with van der Waals surface area (Å²) in [4.78, 5) is 24.6. The molecule has 0 N–H and O–H groups in total. The molecule has 140 valence electrons. The summed E-state index contributed by atoms with van der Waals surface area (Å²) in [5, 5.41) is 0. The van der Waals surface area contributed by atoms with Crippen LogP contribution in [0.2, 0.25) is 0 Å². The number of hydrogen-bond acceptors (Lipinski definition) is 3. The Morgan fingerprint density at radius 2 is 1.88 bits per heavy atom. The van der Waals surface area contributed by atoms with E-state index in [1.54, 1.807) is 0 Å². The van der Waals surface area contributed by atoms with Crippen molar-refractivity contribution in [2.45, 2.75) is 65.2 Å². The third-order valence-corrected chi connectivity index (χ3v) is 8.94. The molecule has 4 rings (SSSR count). The van der Waals surface area contributed by atoms with E-state index in [-0.39, 0.29) is 16.8 Å². The van der Waals surface area contributed by atoms with Crippen molar-refractivity contribution in [2.24, 2.45) is 34.0 Å². The van der Waals surface area contributed by atoms with Gasteiger partial charge in [0.15, 0.2) is 5.78 Å². The number of fused-ring (bicyclic) bond motifs is 5. The number of terminal acetylenes is 1. The first-order valence-corrected chi connectivity index (χ1v) is 10.1. The first-order valence-electron chi connectivity index (χ1n) is 10.1. The zero-order chi connectivity index (χ0) is 18.7. The Kier molecular flexibility index (Phi) is 3.92. The zero-order valence-electron chi connectivity index (χ0n) is 16.3. The van der Waals surface area contributed by atoms with Crippen molar-refractivity contribution >= 4 is 11.8 Å². The number of carbonyl (C=O) groups is 2. The number of ether oxygens (including phenoxy) is 1. The number of rotatable bonds is 1. The monoisotopic (exact) mass is 354 g/mol. The summed E-state index contributed by atoms with van der Waals surface area (Å²) in [6.07, 6.45) is 15.6. The molecule has 6 unspecified atom stereocenters. The normalized spacial score (nSPS) is 47.1. The quantitative estimate of drug-likeness (QED) is 0.520. The fraction of sp³-hybridized carbons (Fsp3) is 0.739. The van der Waals surface area contributed by atoms with E-state index in [2.05, 4.69) is 19.8 Å². The molecule has 4 aliphatic carbocycles. The number of methoxy groups -OCH3 is 1. The standard InChI is InChI=1S/C23H30O3/c1-5-23(20(25)26-4)13-10-19-17-7-6-15-14-16(24)8-11-21(15,2)18(17)9-12-22(19,23)3/h1,14,17-19H,6-13H2,2-4H3. The van der Waals surface area contributed by atoms with Crippen molar-refractivity contribution in [2.75, 3.05) is 7.11 Å². The van der Waals surface area contributed by atoms with Gasteiger partial charge in [0.1, 0.15) is 5.41 Å². The second-order valence-corrected chi connectivity index (χ2v) is 9.50. The smallest absolute Gasteiger partial charge is 0.324 e. The highest BCUT2D eigenvalue weighted by Crippen LogP contribution is 2.69. The molecule has 0 amide bonds. The largest absolute Gasteiger partial charge is 0.468 e. The summed E-state index contributed by atoms with van der Waals surface area (Å²) in [5.41, 5.74) is 0.604. The zero-order valence-corrected chi connectivity index (χ0v) is 16.3. The van der Waals surface area contributed by atoms with Crippen molar-refractivity contribution in [1.82, 2.24) is 0 Å². The minimum absolute atomic E-state index is 0.158. The highest BCUT2D eigenvalue weighted by atomic mass is 16.5. The van der Waals surface area contributed by atoms with Gasteiger partial charge in [-0.25, -0.2) is 0 Å². The van der Waals surface area contributed by atoms with Gasteiger partial charge < -0.3 is 4.74 Å². The summed E-state index contributed by atoms with van der Waals surface area (Å²) in [6.45, 7) is 4.63. The van der Waals surface area contributed by atoms with Crippen LogP contribution in [0.25, 0.3) is 0 Å². The number of allylic oxidation sites excluding steroid dienone is 1. The lowest BCUT2D eigenvalue weighted by Gasteiger charge is -2.58. The van der Waals surface area contributed by atoms with Crippen LogP contribution < -0.4 is 0 Å². The van der Waals surface area contributed by atoms with Crippen LogP contribution in [0.4, 0.5) is 0 Å². The maximum absolute atomic E-state index is 12.7. The Morgan fingerprint density at radius 1 is 1.15 bits per heavy atom. The molecule has 3 heteroatoms. The minimum atomic E-state index is -0.767. The van der Waals surface area contributed by atoms with Gasteiger partial charge in [-0.15, -0.1) is 6.42 Å². The first kappa shape index (κ1) is 17.8. The molecule has 3 fully saturated rings. The molecule has 4 aliphatic rings. The van der Waals surface area contributed by atoms with E-state index >= 15 is 0 Å². The fourth-order valence-corrected chi connectivity index (χ4v) is 7.40. The van der Waals surface area contributed by atoms with Gasteiger partial charge in [0.25, 0.3) is 0 Å². The molecule has 0 aromatic rings. The molecule has 0 saturated heterocycles. The van der Waals surface area contributed by atoms with Crippen LogP contribution in [0.5, 0.6) is 0 Å². The average molecular weight is 354 g/mol. The Balaban J connectivity index is 1.71. The van der Waals surface area contributed by atoms with Crippen LogP contribution in [0.1, 0.15) is 65.2 Å². The highest BCUT2D eigenvalue weighted by Gasteiger charge is 2.66. The molecule has 0 heterocycles. The topological polar surface area (TPSA) is 43.4 Å². The molecule has 0 radical (unpaired) electrons. The van der Waals surface area contributed by atoms with Crippen LogP contribution in [-0.4, -0.2) is 18.9 Å². The molecule has 26 heavy (non-hydrogen) atoms. The second-order valence-electron chi connectivity index (χ2n) is 9.50. The Bertz CT molecular complexity index is 728. The van der Waals surface area contributed by atoms with Crippen molar-refractivity contribution in [3.63, 3.8) is 0 Å². The SMILES string of the molecule is C#CC1(C(=O)OC)CCC2C3CCC4=CC(=O)CCC4(C)C3CCC21C. The Labute approximate surface area is 156 Å². The van der Waals surface area contributed by atoms with E-state index in [0.717, 1.165) is 44.9 Å². The van der Waals surface area contributed by atoms with Crippen LogP contribution in [-0.2, 0) is 14.3 Å². The van der Waals surface area contributed by atoms with Gasteiger partial charge in [-0.2, -0.15) is 0 Å². The molecule has 0 bridgehead atoms. The molecule has 0 aromatic carbocycles. The van der Waals surface area contributed by atoms with E-state index < -0.39 is 5.41 Å². The first-order chi connectivity index (χ1) is 12.3. The van der Waals surface area contributed by atoms with Gasteiger partial charge in [-0.05, 0) is 79.6 Å². The molecule has 0 aliphatic heterocycles. The van der Waals surface area contributed by atoms with Gasteiger partial charge in [-0.1, -0.05) is 25.3 Å². The van der Waals surface area contributed by atoms with Gasteiger partial charge in [0.2, 0.25) is 0 Å². The van der Waals surface area contributed by atoms with E-state index in [1.807, 2.05) is 6.08 Å². The van der Waals surface area contributed by atoms with E-state index in [1.165, 1.54) is 12.7 Å². The molecule has 6 atom stereocenters. The van der Waals surface area contributed by atoms with Gasteiger partial charge in [-0.3, -0.25) is 9.59 Å². The lowest BCUT2D eigenvalue weighted by atomic mass is 9.45. The summed E-state index contributed by atoms with van der Waals surface area (Å²) >= 11 is 0. The lowest BCUT2D eigenvalue weighted by molar-refractivity contribution is -0.160. The number of ketones is 1. The second kappa shape index (κ2) is 5.72. The van der Waals surface area contributed by atoms with Crippen LogP contribution in [0.15, 0.2) is 11.6 Å².